The Balaban J connectivity index is 1.61. The number of rotatable bonds is 5. The molecule has 0 unspecified atom stereocenters. The number of methoxy groups -OCH3 is 1. The van der Waals surface area contributed by atoms with Crippen LogP contribution in [0.4, 0.5) is 5.69 Å². The molecule has 1 amide bonds. The Morgan fingerprint density at radius 1 is 1.00 bits per heavy atom. The lowest BCUT2D eigenvalue weighted by molar-refractivity contribution is 0.102. The summed E-state index contributed by atoms with van der Waals surface area (Å²) in [7, 11) is 1.60. The first-order chi connectivity index (χ1) is 14.5. The van der Waals surface area contributed by atoms with Gasteiger partial charge in [-0.1, -0.05) is 40.5 Å². The maximum Gasteiger partial charge on any atom is 0.260 e. The fourth-order valence-electron chi connectivity index (χ4n) is 2.80. The van der Waals surface area contributed by atoms with Crippen molar-refractivity contribution in [1.82, 2.24) is 10.1 Å². The number of anilines is 1. The van der Waals surface area contributed by atoms with Gasteiger partial charge in [-0.2, -0.15) is 4.98 Å². The number of aromatic nitrogens is 2. The molecule has 30 heavy (non-hydrogen) atoms. The van der Waals surface area contributed by atoms with Gasteiger partial charge in [0.25, 0.3) is 11.8 Å². The highest BCUT2D eigenvalue weighted by Gasteiger charge is 2.16. The van der Waals surface area contributed by atoms with Crippen molar-refractivity contribution in [3.05, 3.63) is 82.3 Å². The minimum absolute atomic E-state index is 0.283. The van der Waals surface area contributed by atoms with Crippen LogP contribution in [-0.4, -0.2) is 23.2 Å². The van der Waals surface area contributed by atoms with Crippen molar-refractivity contribution in [3.8, 4) is 28.6 Å². The fourth-order valence-corrected chi connectivity index (χ4v) is 3.10. The molecule has 0 spiro atoms. The second kappa shape index (κ2) is 8.57. The van der Waals surface area contributed by atoms with Gasteiger partial charge in [0.05, 0.1) is 28.4 Å². The molecule has 4 aromatic rings. The number of amides is 1. The largest absolute Gasteiger partial charge is 0.497 e. The molecular weight excluding hydrogens is 425 g/mol. The average molecular weight is 440 g/mol. The highest BCUT2D eigenvalue weighted by Crippen LogP contribution is 2.30. The summed E-state index contributed by atoms with van der Waals surface area (Å²) in [6, 6.07) is 19.2. The van der Waals surface area contributed by atoms with Gasteiger partial charge < -0.3 is 14.6 Å². The molecule has 150 valence electrons. The maximum absolute atomic E-state index is 12.7. The van der Waals surface area contributed by atoms with E-state index in [0.29, 0.717) is 32.7 Å². The highest BCUT2D eigenvalue weighted by molar-refractivity contribution is 6.42. The van der Waals surface area contributed by atoms with Crippen molar-refractivity contribution in [2.45, 2.75) is 0 Å². The standard InChI is InChI=1S/C22H15Cl2N3O3/c1-29-15-9-6-13(7-10-15)20-26-22(30-27-20)16-4-2-3-5-19(16)25-21(28)14-8-11-17(23)18(24)12-14/h2-12H,1H3,(H,25,28). The molecule has 1 N–H and O–H groups in total. The summed E-state index contributed by atoms with van der Waals surface area (Å²) in [5, 5.41) is 7.58. The molecule has 0 saturated heterocycles. The van der Waals surface area contributed by atoms with Crippen LogP contribution in [0.1, 0.15) is 10.4 Å². The van der Waals surface area contributed by atoms with E-state index in [0.717, 1.165) is 11.3 Å². The zero-order valence-corrected chi connectivity index (χ0v) is 17.2. The normalized spacial score (nSPS) is 10.6. The second-order valence-electron chi connectivity index (χ2n) is 6.28. The topological polar surface area (TPSA) is 77.3 Å². The number of halogens is 2. The number of benzene rings is 3. The van der Waals surface area contributed by atoms with E-state index in [1.165, 1.54) is 6.07 Å². The van der Waals surface area contributed by atoms with E-state index in [1.54, 1.807) is 37.4 Å². The molecular formula is C22H15Cl2N3O3. The van der Waals surface area contributed by atoms with Crippen LogP contribution in [0.5, 0.6) is 5.75 Å². The lowest BCUT2D eigenvalue weighted by Gasteiger charge is -2.09. The fraction of sp³-hybridized carbons (Fsp3) is 0.0455. The van der Waals surface area contributed by atoms with Crippen molar-refractivity contribution >= 4 is 34.8 Å². The lowest BCUT2D eigenvalue weighted by atomic mass is 10.1. The first kappa shape index (κ1) is 19.9. The van der Waals surface area contributed by atoms with Crippen LogP contribution in [-0.2, 0) is 0 Å². The SMILES string of the molecule is COc1ccc(-c2noc(-c3ccccc3NC(=O)c3ccc(Cl)c(Cl)c3)n2)cc1. The van der Waals surface area contributed by atoms with Crippen LogP contribution in [0, 0.1) is 0 Å². The van der Waals surface area contributed by atoms with E-state index >= 15 is 0 Å². The summed E-state index contributed by atoms with van der Waals surface area (Å²) in [6.07, 6.45) is 0. The van der Waals surface area contributed by atoms with E-state index in [1.807, 2.05) is 30.3 Å². The van der Waals surface area contributed by atoms with Crippen LogP contribution in [0.25, 0.3) is 22.8 Å². The van der Waals surface area contributed by atoms with Crippen molar-refractivity contribution in [3.63, 3.8) is 0 Å². The third-order valence-corrected chi connectivity index (χ3v) is 5.10. The van der Waals surface area contributed by atoms with Gasteiger partial charge in [0.1, 0.15) is 5.75 Å². The zero-order valence-electron chi connectivity index (χ0n) is 15.7. The number of carbonyl (C=O) groups is 1. The molecule has 6 nitrogen and oxygen atoms in total. The van der Waals surface area contributed by atoms with Crippen molar-refractivity contribution in [1.29, 1.82) is 0 Å². The van der Waals surface area contributed by atoms with Gasteiger partial charge in [-0.05, 0) is 54.6 Å². The summed E-state index contributed by atoms with van der Waals surface area (Å²) >= 11 is 11.9. The predicted molar refractivity (Wildman–Crippen MR) is 116 cm³/mol. The molecule has 0 bridgehead atoms. The van der Waals surface area contributed by atoms with Crippen LogP contribution in [0.2, 0.25) is 10.0 Å². The van der Waals surface area contributed by atoms with Crippen LogP contribution in [0.15, 0.2) is 71.3 Å². The predicted octanol–water partition coefficient (Wildman–Crippen LogP) is 5.97. The minimum atomic E-state index is -0.337. The molecule has 0 aliphatic carbocycles. The van der Waals surface area contributed by atoms with E-state index < -0.39 is 0 Å². The Morgan fingerprint density at radius 3 is 2.50 bits per heavy atom. The van der Waals surface area contributed by atoms with E-state index in [2.05, 4.69) is 15.5 Å². The first-order valence-electron chi connectivity index (χ1n) is 8.89. The van der Waals surface area contributed by atoms with E-state index in [-0.39, 0.29) is 11.8 Å². The summed E-state index contributed by atoms with van der Waals surface area (Å²) in [6.45, 7) is 0. The smallest absolute Gasteiger partial charge is 0.260 e. The molecule has 4 rings (SSSR count). The van der Waals surface area contributed by atoms with Crippen molar-refractivity contribution in [2.24, 2.45) is 0 Å². The van der Waals surface area contributed by atoms with Crippen LogP contribution < -0.4 is 10.1 Å². The quantitative estimate of drug-likeness (QED) is 0.414. The molecule has 0 aliphatic rings. The summed E-state index contributed by atoms with van der Waals surface area (Å²) in [4.78, 5) is 17.1. The Labute approximate surface area is 182 Å². The molecule has 0 radical (unpaired) electrons. The van der Waals surface area contributed by atoms with Gasteiger partial charge in [0.15, 0.2) is 0 Å². The number of carbonyl (C=O) groups excluding carboxylic acids is 1. The number of nitrogens with one attached hydrogen (secondary N) is 1. The lowest BCUT2D eigenvalue weighted by Crippen LogP contribution is -2.12. The van der Waals surface area contributed by atoms with Gasteiger partial charge in [-0.3, -0.25) is 4.79 Å². The molecule has 1 aromatic heterocycles. The summed E-state index contributed by atoms with van der Waals surface area (Å²) in [5.74, 6) is 1.11. The van der Waals surface area contributed by atoms with Crippen LogP contribution in [0.3, 0.4) is 0 Å². The number of nitrogens with zero attached hydrogens (tertiary/aromatic N) is 2. The average Bonchev–Trinajstić information content (AvgIpc) is 3.26. The number of para-hydroxylation sites is 1. The van der Waals surface area contributed by atoms with Gasteiger partial charge in [0.2, 0.25) is 5.82 Å². The Hall–Kier alpha value is -3.35. The van der Waals surface area contributed by atoms with Crippen LogP contribution >= 0.6 is 23.2 Å². The number of ether oxygens (including phenoxy) is 1. The minimum Gasteiger partial charge on any atom is -0.497 e. The number of hydrogen-bond donors (Lipinski definition) is 1. The second-order valence-corrected chi connectivity index (χ2v) is 7.09. The third-order valence-electron chi connectivity index (χ3n) is 4.36. The summed E-state index contributed by atoms with van der Waals surface area (Å²) < 4.78 is 10.6. The van der Waals surface area contributed by atoms with E-state index in [9.17, 15) is 4.79 Å². The van der Waals surface area contributed by atoms with Gasteiger partial charge in [-0.15, -0.1) is 0 Å². The highest BCUT2D eigenvalue weighted by atomic mass is 35.5. The van der Waals surface area contributed by atoms with Crippen molar-refractivity contribution in [2.75, 3.05) is 12.4 Å². The summed E-state index contributed by atoms with van der Waals surface area (Å²) in [5.41, 5.74) is 2.28. The molecule has 0 saturated carbocycles. The molecule has 8 heteroatoms. The number of hydrogen-bond acceptors (Lipinski definition) is 5. The molecule has 0 fully saturated rings. The van der Waals surface area contributed by atoms with Crippen molar-refractivity contribution < 1.29 is 14.1 Å². The maximum atomic E-state index is 12.7. The van der Waals surface area contributed by atoms with Gasteiger partial charge in [0, 0.05) is 11.1 Å². The molecule has 3 aromatic carbocycles. The Morgan fingerprint density at radius 2 is 1.77 bits per heavy atom. The molecule has 0 atom stereocenters. The molecule has 0 aliphatic heterocycles. The Bertz CT molecular complexity index is 1210. The molecule has 1 heterocycles. The van der Waals surface area contributed by atoms with E-state index in [4.69, 9.17) is 32.5 Å². The zero-order chi connectivity index (χ0) is 21.1. The third kappa shape index (κ3) is 4.15. The monoisotopic (exact) mass is 439 g/mol. The Kier molecular flexibility index (Phi) is 5.70. The van der Waals surface area contributed by atoms with Gasteiger partial charge >= 0.3 is 0 Å². The first-order valence-corrected chi connectivity index (χ1v) is 9.64. The van der Waals surface area contributed by atoms with Gasteiger partial charge in [-0.25, -0.2) is 0 Å².